The summed E-state index contributed by atoms with van der Waals surface area (Å²) in [5.74, 6) is 0.714. The summed E-state index contributed by atoms with van der Waals surface area (Å²) < 4.78 is 12.8. The summed E-state index contributed by atoms with van der Waals surface area (Å²) >= 11 is 0. The predicted molar refractivity (Wildman–Crippen MR) is 58.3 cm³/mol. The lowest BCUT2D eigenvalue weighted by molar-refractivity contribution is 0.585. The Morgan fingerprint density at radius 2 is 2.12 bits per heavy atom. The molecule has 1 N–H and O–H groups in total. The van der Waals surface area contributed by atoms with Crippen molar-refractivity contribution in [2.75, 3.05) is 5.32 Å². The second kappa shape index (κ2) is 4.65. The van der Waals surface area contributed by atoms with Gasteiger partial charge in [0.25, 0.3) is 0 Å². The van der Waals surface area contributed by atoms with Crippen LogP contribution in [0.4, 0.5) is 10.2 Å². The van der Waals surface area contributed by atoms with Gasteiger partial charge in [-0.3, -0.25) is 0 Å². The maximum atomic E-state index is 12.8. The minimum Gasteiger partial charge on any atom is -0.364 e. The lowest BCUT2D eigenvalue weighted by atomic mass is 10.4. The molecule has 4 nitrogen and oxygen atoms in total. The summed E-state index contributed by atoms with van der Waals surface area (Å²) in [5, 5.41) is 2.99. The molecule has 16 heavy (non-hydrogen) atoms. The van der Waals surface area contributed by atoms with Crippen LogP contribution in [-0.4, -0.2) is 15.0 Å². The number of aromatic nitrogens is 3. The van der Waals surface area contributed by atoms with Crippen LogP contribution < -0.4 is 5.32 Å². The van der Waals surface area contributed by atoms with E-state index in [2.05, 4.69) is 20.3 Å². The average molecular weight is 218 g/mol. The molecule has 5 heteroatoms. The van der Waals surface area contributed by atoms with Crippen molar-refractivity contribution in [3.63, 3.8) is 0 Å². The summed E-state index contributed by atoms with van der Waals surface area (Å²) in [6.07, 6.45) is 1.69. The Morgan fingerprint density at radius 1 is 1.25 bits per heavy atom. The summed E-state index contributed by atoms with van der Waals surface area (Å²) in [7, 11) is 0. The van der Waals surface area contributed by atoms with E-state index in [-0.39, 0.29) is 0 Å². The van der Waals surface area contributed by atoms with Gasteiger partial charge in [-0.05, 0) is 25.1 Å². The zero-order chi connectivity index (χ0) is 11.4. The van der Waals surface area contributed by atoms with E-state index in [1.165, 1.54) is 6.07 Å². The van der Waals surface area contributed by atoms with E-state index in [1.54, 1.807) is 24.4 Å². The second-order valence-electron chi connectivity index (χ2n) is 3.29. The minimum absolute atomic E-state index is 0.496. The van der Waals surface area contributed by atoms with Crippen molar-refractivity contribution in [3.8, 4) is 0 Å². The van der Waals surface area contributed by atoms with Crippen molar-refractivity contribution in [1.82, 2.24) is 15.0 Å². The molecule has 0 saturated heterocycles. The molecule has 2 aromatic heterocycles. The summed E-state index contributed by atoms with van der Waals surface area (Å²) in [4.78, 5) is 11.9. The van der Waals surface area contributed by atoms with Gasteiger partial charge in [-0.15, -0.1) is 0 Å². The van der Waals surface area contributed by atoms with Gasteiger partial charge in [0, 0.05) is 6.20 Å². The number of halogens is 1. The fourth-order valence-electron chi connectivity index (χ4n) is 1.29. The molecule has 0 spiro atoms. The SMILES string of the molecule is Cc1nccc(CNc2cccc(F)n2)n1. The van der Waals surface area contributed by atoms with E-state index >= 15 is 0 Å². The molecular weight excluding hydrogens is 207 g/mol. The van der Waals surface area contributed by atoms with Crippen LogP contribution >= 0.6 is 0 Å². The Bertz CT molecular complexity index is 441. The van der Waals surface area contributed by atoms with Gasteiger partial charge < -0.3 is 5.32 Å². The molecule has 2 aromatic rings. The second-order valence-corrected chi connectivity index (χ2v) is 3.29. The Balaban J connectivity index is 2.02. The number of nitrogens with zero attached hydrogens (tertiary/aromatic N) is 3. The fourth-order valence-corrected chi connectivity index (χ4v) is 1.29. The molecule has 82 valence electrons. The number of hydrogen-bond acceptors (Lipinski definition) is 4. The highest BCUT2D eigenvalue weighted by Crippen LogP contribution is 2.05. The first-order valence-electron chi connectivity index (χ1n) is 4.89. The Hall–Kier alpha value is -2.04. The molecule has 0 saturated carbocycles. The lowest BCUT2D eigenvalue weighted by Gasteiger charge is -2.04. The molecule has 2 heterocycles. The van der Waals surface area contributed by atoms with Gasteiger partial charge in [-0.25, -0.2) is 15.0 Å². The van der Waals surface area contributed by atoms with Crippen molar-refractivity contribution in [1.29, 1.82) is 0 Å². The molecule has 2 rings (SSSR count). The zero-order valence-corrected chi connectivity index (χ0v) is 8.81. The highest BCUT2D eigenvalue weighted by molar-refractivity contribution is 5.33. The van der Waals surface area contributed by atoms with E-state index in [1.807, 2.05) is 6.92 Å². The van der Waals surface area contributed by atoms with Crippen molar-refractivity contribution in [3.05, 3.63) is 47.9 Å². The minimum atomic E-state index is -0.496. The number of hydrogen-bond donors (Lipinski definition) is 1. The Labute approximate surface area is 92.6 Å². The lowest BCUT2D eigenvalue weighted by Crippen LogP contribution is -2.04. The van der Waals surface area contributed by atoms with Crippen LogP contribution in [0.25, 0.3) is 0 Å². The van der Waals surface area contributed by atoms with Crippen molar-refractivity contribution in [2.24, 2.45) is 0 Å². The number of anilines is 1. The van der Waals surface area contributed by atoms with E-state index < -0.39 is 5.95 Å². The summed E-state index contributed by atoms with van der Waals surface area (Å²) in [5.41, 5.74) is 0.846. The van der Waals surface area contributed by atoms with Crippen LogP contribution in [0.15, 0.2) is 30.5 Å². The standard InChI is InChI=1S/C11H11FN4/c1-8-13-6-5-9(15-8)7-14-11-4-2-3-10(12)16-11/h2-6H,7H2,1H3,(H,14,16). The van der Waals surface area contributed by atoms with Gasteiger partial charge in [0.2, 0.25) is 5.95 Å². The monoisotopic (exact) mass is 218 g/mol. The molecule has 0 aromatic carbocycles. The maximum Gasteiger partial charge on any atom is 0.214 e. The molecule has 0 unspecified atom stereocenters. The Kier molecular flexibility index (Phi) is 3.05. The highest BCUT2D eigenvalue weighted by atomic mass is 19.1. The topological polar surface area (TPSA) is 50.7 Å². The smallest absolute Gasteiger partial charge is 0.214 e. The highest BCUT2D eigenvalue weighted by Gasteiger charge is 1.98. The molecule has 0 aliphatic rings. The normalized spacial score (nSPS) is 10.1. The van der Waals surface area contributed by atoms with E-state index in [4.69, 9.17) is 0 Å². The van der Waals surface area contributed by atoms with E-state index in [0.29, 0.717) is 18.2 Å². The molecule has 0 bridgehead atoms. The first-order valence-corrected chi connectivity index (χ1v) is 4.89. The molecule has 0 atom stereocenters. The molecule has 0 radical (unpaired) electrons. The van der Waals surface area contributed by atoms with Gasteiger partial charge in [0.15, 0.2) is 0 Å². The van der Waals surface area contributed by atoms with Crippen LogP contribution in [0.1, 0.15) is 11.5 Å². The fraction of sp³-hybridized carbons (Fsp3) is 0.182. The number of pyridine rings is 1. The number of nitrogens with one attached hydrogen (secondary N) is 1. The van der Waals surface area contributed by atoms with Crippen LogP contribution in [0.2, 0.25) is 0 Å². The van der Waals surface area contributed by atoms with E-state index in [9.17, 15) is 4.39 Å². The molecule has 0 aliphatic carbocycles. The third-order valence-corrected chi connectivity index (χ3v) is 2.00. The van der Waals surface area contributed by atoms with Crippen LogP contribution in [0.3, 0.4) is 0 Å². The molecule has 0 aliphatic heterocycles. The summed E-state index contributed by atoms with van der Waals surface area (Å²) in [6.45, 7) is 2.32. The van der Waals surface area contributed by atoms with Crippen LogP contribution in [-0.2, 0) is 6.54 Å². The largest absolute Gasteiger partial charge is 0.364 e. The van der Waals surface area contributed by atoms with E-state index in [0.717, 1.165) is 5.69 Å². The Morgan fingerprint density at radius 3 is 2.88 bits per heavy atom. The number of rotatable bonds is 3. The van der Waals surface area contributed by atoms with Crippen LogP contribution in [0, 0.1) is 12.9 Å². The van der Waals surface area contributed by atoms with Crippen molar-refractivity contribution >= 4 is 5.82 Å². The van der Waals surface area contributed by atoms with Crippen LogP contribution in [0.5, 0.6) is 0 Å². The number of aryl methyl sites for hydroxylation is 1. The summed E-state index contributed by atoms with van der Waals surface area (Å²) in [6, 6.07) is 6.42. The van der Waals surface area contributed by atoms with Crippen molar-refractivity contribution < 1.29 is 4.39 Å². The van der Waals surface area contributed by atoms with Gasteiger partial charge in [-0.1, -0.05) is 6.07 Å². The van der Waals surface area contributed by atoms with Gasteiger partial charge in [-0.2, -0.15) is 4.39 Å². The maximum absolute atomic E-state index is 12.8. The molecular formula is C11H11FN4. The third kappa shape index (κ3) is 2.73. The molecule has 0 fully saturated rings. The first kappa shape index (κ1) is 10.5. The quantitative estimate of drug-likeness (QED) is 0.800. The first-order chi connectivity index (χ1) is 7.74. The molecule has 0 amide bonds. The predicted octanol–water partition coefficient (Wildman–Crippen LogP) is 1.93. The third-order valence-electron chi connectivity index (χ3n) is 2.00. The van der Waals surface area contributed by atoms with Gasteiger partial charge >= 0.3 is 0 Å². The zero-order valence-electron chi connectivity index (χ0n) is 8.81. The van der Waals surface area contributed by atoms with Gasteiger partial charge in [0.1, 0.15) is 11.6 Å². The average Bonchev–Trinajstić information content (AvgIpc) is 2.27. The van der Waals surface area contributed by atoms with Crippen molar-refractivity contribution in [2.45, 2.75) is 13.5 Å². The van der Waals surface area contributed by atoms with Gasteiger partial charge in [0.05, 0.1) is 12.2 Å².